The molecule has 1 radical (unpaired) electrons. The number of hydrogen-bond acceptors (Lipinski definition) is 1. The number of benzene rings is 3. The average molecular weight is 335 g/mol. The van der Waals surface area contributed by atoms with Crippen molar-refractivity contribution in [2.75, 3.05) is 0 Å². The Morgan fingerprint density at radius 1 is 1.08 bits per heavy atom. The molecule has 0 aliphatic carbocycles. The smallest absolute Gasteiger partial charge is 0.249 e. The quantitative estimate of drug-likeness (QED) is 0.604. The summed E-state index contributed by atoms with van der Waals surface area (Å²) in [7, 11) is 0. The summed E-state index contributed by atoms with van der Waals surface area (Å²) < 4.78 is 29.2. The first kappa shape index (κ1) is 15.3. The number of primary amides is 1. The van der Waals surface area contributed by atoms with Crippen LogP contribution in [-0.2, 0) is 6.54 Å². The molecular weight excluding hydrogens is 322 g/mol. The largest absolute Gasteiger partial charge is 0.366 e. The van der Waals surface area contributed by atoms with Crippen molar-refractivity contribution in [3.8, 4) is 0 Å². The second-order valence-electron chi connectivity index (χ2n) is 5.82. The molecule has 2 N–H and O–H groups in total. The number of rotatable bonds is 3. The summed E-state index contributed by atoms with van der Waals surface area (Å²) in [5, 5.41) is 1.43. The molecule has 1 amide bonds. The number of carbonyl (C=O) groups excluding carboxylic acids is 1. The Balaban J connectivity index is 2.02. The fraction of sp³-hybridized carbons (Fsp3) is 0.0500. The molecule has 0 atom stereocenters. The Bertz CT molecular complexity index is 1130. The van der Waals surface area contributed by atoms with Gasteiger partial charge in [0.15, 0.2) is 0 Å². The summed E-state index contributed by atoms with van der Waals surface area (Å²) in [5.41, 5.74) is 7.81. The van der Waals surface area contributed by atoms with Crippen LogP contribution in [-0.4, -0.2) is 10.5 Å². The summed E-state index contributed by atoms with van der Waals surface area (Å²) >= 11 is 0. The Kier molecular flexibility index (Phi) is 3.50. The number of carbonyl (C=O) groups is 1. The summed E-state index contributed by atoms with van der Waals surface area (Å²) in [5.74, 6) is -1.76. The zero-order valence-electron chi connectivity index (χ0n) is 13.1. The molecular formula is C20H13F2N2O. The van der Waals surface area contributed by atoms with Crippen LogP contribution in [0.25, 0.3) is 21.8 Å². The van der Waals surface area contributed by atoms with Crippen LogP contribution in [0.5, 0.6) is 0 Å². The van der Waals surface area contributed by atoms with Crippen molar-refractivity contribution in [1.82, 2.24) is 4.57 Å². The second-order valence-corrected chi connectivity index (χ2v) is 5.82. The van der Waals surface area contributed by atoms with Gasteiger partial charge in [0, 0.05) is 28.0 Å². The average Bonchev–Trinajstić information content (AvgIpc) is 2.91. The van der Waals surface area contributed by atoms with Gasteiger partial charge in [0.25, 0.3) is 0 Å². The maximum Gasteiger partial charge on any atom is 0.249 e. The van der Waals surface area contributed by atoms with Gasteiger partial charge in [0.1, 0.15) is 11.6 Å². The fourth-order valence-electron chi connectivity index (χ4n) is 3.21. The molecule has 1 heterocycles. The monoisotopic (exact) mass is 335 g/mol. The molecule has 25 heavy (non-hydrogen) atoms. The van der Waals surface area contributed by atoms with E-state index in [0.29, 0.717) is 16.5 Å². The maximum atomic E-state index is 14.1. The Labute approximate surface area is 142 Å². The van der Waals surface area contributed by atoms with Crippen molar-refractivity contribution in [2.45, 2.75) is 6.54 Å². The third-order valence-electron chi connectivity index (χ3n) is 4.32. The number of hydrogen-bond donors (Lipinski definition) is 1. The lowest BCUT2D eigenvalue weighted by atomic mass is 10.1. The van der Waals surface area contributed by atoms with E-state index in [1.165, 1.54) is 12.1 Å². The van der Waals surface area contributed by atoms with E-state index in [0.717, 1.165) is 22.5 Å². The molecule has 123 valence electrons. The van der Waals surface area contributed by atoms with Crippen molar-refractivity contribution < 1.29 is 13.6 Å². The minimum absolute atomic E-state index is 0.201. The molecule has 5 heteroatoms. The number of amides is 1. The molecule has 0 aliphatic heterocycles. The van der Waals surface area contributed by atoms with Gasteiger partial charge in [-0.3, -0.25) is 4.79 Å². The molecule has 1 aromatic heterocycles. The van der Waals surface area contributed by atoms with E-state index >= 15 is 0 Å². The Hall–Kier alpha value is -3.21. The highest BCUT2D eigenvalue weighted by molar-refractivity contribution is 6.17. The number of nitrogens with zero attached hydrogens (tertiary/aromatic N) is 1. The lowest BCUT2D eigenvalue weighted by Gasteiger charge is -2.09. The minimum atomic E-state index is -0.618. The van der Waals surface area contributed by atoms with Gasteiger partial charge in [-0.15, -0.1) is 0 Å². The highest BCUT2D eigenvalue weighted by atomic mass is 19.1. The zero-order chi connectivity index (χ0) is 17.6. The van der Waals surface area contributed by atoms with Gasteiger partial charge in [-0.2, -0.15) is 0 Å². The van der Waals surface area contributed by atoms with Gasteiger partial charge in [0.05, 0.1) is 17.6 Å². The van der Waals surface area contributed by atoms with Crippen LogP contribution < -0.4 is 5.73 Å². The van der Waals surface area contributed by atoms with Crippen molar-refractivity contribution in [1.29, 1.82) is 0 Å². The first-order chi connectivity index (χ1) is 12.1. The number of halogens is 2. The summed E-state index contributed by atoms with van der Waals surface area (Å²) in [6.45, 7) is 0.201. The number of fused-ring (bicyclic) bond motifs is 3. The van der Waals surface area contributed by atoms with E-state index in [1.54, 1.807) is 18.2 Å². The topological polar surface area (TPSA) is 48.0 Å². The molecule has 4 aromatic rings. The van der Waals surface area contributed by atoms with Crippen molar-refractivity contribution in [3.05, 3.63) is 83.4 Å². The molecule has 0 unspecified atom stereocenters. The first-order valence-corrected chi connectivity index (χ1v) is 7.71. The predicted molar refractivity (Wildman–Crippen MR) is 92.3 cm³/mol. The van der Waals surface area contributed by atoms with E-state index in [2.05, 4.69) is 6.07 Å². The van der Waals surface area contributed by atoms with Crippen molar-refractivity contribution in [3.63, 3.8) is 0 Å². The molecule has 0 aliphatic rings. The van der Waals surface area contributed by atoms with Crippen LogP contribution in [0, 0.1) is 17.7 Å². The Morgan fingerprint density at radius 3 is 2.64 bits per heavy atom. The second kappa shape index (κ2) is 5.70. The predicted octanol–water partition coefficient (Wildman–Crippen LogP) is 4.02. The molecule has 0 saturated carbocycles. The first-order valence-electron chi connectivity index (χ1n) is 7.71. The van der Waals surface area contributed by atoms with Gasteiger partial charge in [0.2, 0.25) is 5.91 Å². The van der Waals surface area contributed by atoms with Gasteiger partial charge >= 0.3 is 0 Å². The van der Waals surface area contributed by atoms with Crippen LogP contribution in [0.4, 0.5) is 8.78 Å². The number of nitrogens with two attached hydrogens (primary N) is 1. The minimum Gasteiger partial charge on any atom is -0.366 e. The SMILES string of the molecule is NC(=O)c1cccc2c1c1[c]cccc1n2Cc1ccc(F)cc1F. The van der Waals surface area contributed by atoms with Crippen LogP contribution in [0.3, 0.4) is 0 Å². The normalized spacial score (nSPS) is 11.3. The van der Waals surface area contributed by atoms with E-state index in [9.17, 15) is 13.6 Å². The molecule has 4 rings (SSSR count). The third-order valence-corrected chi connectivity index (χ3v) is 4.32. The van der Waals surface area contributed by atoms with Crippen LogP contribution in [0.2, 0.25) is 0 Å². The van der Waals surface area contributed by atoms with E-state index in [1.807, 2.05) is 22.8 Å². The molecule has 3 nitrogen and oxygen atoms in total. The van der Waals surface area contributed by atoms with Crippen molar-refractivity contribution >= 4 is 27.7 Å². The van der Waals surface area contributed by atoms with Crippen LogP contribution in [0.1, 0.15) is 15.9 Å². The van der Waals surface area contributed by atoms with Crippen LogP contribution >= 0.6 is 0 Å². The van der Waals surface area contributed by atoms with Crippen LogP contribution in [0.15, 0.2) is 54.6 Å². The fourth-order valence-corrected chi connectivity index (χ4v) is 3.21. The molecule has 0 saturated heterocycles. The van der Waals surface area contributed by atoms with Gasteiger partial charge < -0.3 is 10.3 Å². The summed E-state index contributed by atoms with van der Waals surface area (Å²) in [6.07, 6.45) is 0. The summed E-state index contributed by atoms with van der Waals surface area (Å²) in [6, 6.07) is 17.3. The molecule has 0 fully saturated rings. The number of aromatic nitrogens is 1. The molecule has 0 bridgehead atoms. The zero-order valence-corrected chi connectivity index (χ0v) is 13.1. The lowest BCUT2D eigenvalue weighted by Crippen LogP contribution is -2.11. The summed E-state index contributed by atoms with van der Waals surface area (Å²) in [4.78, 5) is 11.8. The standard InChI is InChI=1S/C20H13F2N2O/c21-13-9-8-12(16(22)10-13)11-24-17-6-2-1-4-14(17)19-15(20(23)25)5-3-7-18(19)24/h1-3,5-10H,11H2,(H2,23,25). The third kappa shape index (κ3) is 2.45. The van der Waals surface area contributed by atoms with E-state index < -0.39 is 17.5 Å². The lowest BCUT2D eigenvalue weighted by molar-refractivity contribution is 0.100. The Morgan fingerprint density at radius 2 is 1.88 bits per heavy atom. The van der Waals surface area contributed by atoms with Gasteiger partial charge in [-0.25, -0.2) is 8.78 Å². The van der Waals surface area contributed by atoms with Gasteiger partial charge in [-0.1, -0.05) is 24.3 Å². The van der Waals surface area contributed by atoms with Crippen molar-refractivity contribution in [2.24, 2.45) is 5.73 Å². The van der Waals surface area contributed by atoms with E-state index in [4.69, 9.17) is 5.73 Å². The molecule has 3 aromatic carbocycles. The highest BCUT2D eigenvalue weighted by Gasteiger charge is 2.17. The maximum absolute atomic E-state index is 14.1. The highest BCUT2D eigenvalue weighted by Crippen LogP contribution is 2.32. The van der Waals surface area contributed by atoms with Gasteiger partial charge in [-0.05, 0) is 30.3 Å². The van der Waals surface area contributed by atoms with E-state index in [-0.39, 0.29) is 6.54 Å². The molecule has 0 spiro atoms.